The van der Waals surface area contributed by atoms with Gasteiger partial charge in [0, 0.05) is 24.8 Å². The average molecular weight is 251 g/mol. The number of benzene rings is 1. The van der Waals surface area contributed by atoms with Crippen molar-refractivity contribution in [3.05, 3.63) is 29.8 Å². The van der Waals surface area contributed by atoms with Gasteiger partial charge in [0.2, 0.25) is 0 Å². The molecule has 0 radical (unpaired) electrons. The molecule has 3 rings (SSSR count). The van der Waals surface area contributed by atoms with Crippen molar-refractivity contribution in [2.24, 2.45) is 5.41 Å². The molecule has 1 aromatic rings. The number of hydrogen-bond donors (Lipinski definition) is 0. The van der Waals surface area contributed by atoms with Crippen LogP contribution in [0, 0.1) is 17.0 Å². The molecule has 1 aromatic carbocycles. The van der Waals surface area contributed by atoms with Gasteiger partial charge in [-0.3, -0.25) is 0 Å². The fourth-order valence-electron chi connectivity index (χ4n) is 3.59. The smallest absolute Gasteiger partial charge is 0.128 e. The molecule has 0 unspecified atom stereocenters. The summed E-state index contributed by atoms with van der Waals surface area (Å²) < 4.78 is 26.4. The van der Waals surface area contributed by atoms with Gasteiger partial charge in [-0.1, -0.05) is 12.8 Å². The molecule has 1 saturated heterocycles. The largest absolute Gasteiger partial charge is 0.371 e. The third kappa shape index (κ3) is 2.23. The molecule has 1 aliphatic heterocycles. The van der Waals surface area contributed by atoms with E-state index in [4.69, 9.17) is 0 Å². The van der Waals surface area contributed by atoms with Crippen molar-refractivity contribution in [2.45, 2.75) is 38.5 Å². The van der Waals surface area contributed by atoms with Crippen LogP contribution < -0.4 is 4.90 Å². The molecule has 1 aliphatic carbocycles. The summed E-state index contributed by atoms with van der Waals surface area (Å²) in [7, 11) is 0. The molecular formula is C15H19F2N. The Morgan fingerprint density at radius 3 is 1.94 bits per heavy atom. The topological polar surface area (TPSA) is 3.24 Å². The lowest BCUT2D eigenvalue weighted by molar-refractivity contribution is 0.226. The highest BCUT2D eigenvalue weighted by Crippen LogP contribution is 2.46. The molecular weight excluding hydrogens is 232 g/mol. The van der Waals surface area contributed by atoms with Crippen LogP contribution in [-0.2, 0) is 0 Å². The first-order valence-corrected chi connectivity index (χ1v) is 6.88. The summed E-state index contributed by atoms with van der Waals surface area (Å²) in [5.74, 6) is -0.961. The summed E-state index contributed by atoms with van der Waals surface area (Å²) >= 11 is 0. The second-order valence-electron chi connectivity index (χ2n) is 5.82. The van der Waals surface area contributed by atoms with Gasteiger partial charge in [-0.2, -0.15) is 0 Å². The summed E-state index contributed by atoms with van der Waals surface area (Å²) in [6, 6.07) is 3.82. The molecule has 0 atom stereocenters. The Labute approximate surface area is 107 Å². The third-order valence-electron chi connectivity index (χ3n) is 4.70. The standard InChI is InChI=1S/C15H19F2N/c16-12-9-13(17)11-14(10-12)18-7-5-15(6-8-18)3-1-2-4-15/h9-11H,1-8H2. The quantitative estimate of drug-likeness (QED) is 0.725. The van der Waals surface area contributed by atoms with E-state index in [-0.39, 0.29) is 0 Å². The van der Waals surface area contributed by atoms with Crippen molar-refractivity contribution in [1.82, 2.24) is 0 Å². The minimum Gasteiger partial charge on any atom is -0.371 e. The first kappa shape index (κ1) is 11.9. The number of halogens is 2. The first-order valence-electron chi connectivity index (χ1n) is 6.88. The number of anilines is 1. The molecule has 2 fully saturated rings. The predicted molar refractivity (Wildman–Crippen MR) is 68.7 cm³/mol. The van der Waals surface area contributed by atoms with Gasteiger partial charge in [-0.15, -0.1) is 0 Å². The maximum atomic E-state index is 13.2. The molecule has 0 amide bonds. The van der Waals surface area contributed by atoms with Crippen LogP contribution >= 0.6 is 0 Å². The maximum Gasteiger partial charge on any atom is 0.128 e. The normalized spacial score (nSPS) is 22.7. The Bertz CT molecular complexity index is 408. The van der Waals surface area contributed by atoms with E-state index in [9.17, 15) is 8.78 Å². The first-order chi connectivity index (χ1) is 8.67. The van der Waals surface area contributed by atoms with Crippen LogP contribution in [0.4, 0.5) is 14.5 Å². The summed E-state index contributed by atoms with van der Waals surface area (Å²) in [5, 5.41) is 0. The lowest BCUT2D eigenvalue weighted by Gasteiger charge is -2.40. The second kappa shape index (κ2) is 4.52. The number of piperidine rings is 1. The highest BCUT2D eigenvalue weighted by Gasteiger charge is 2.36. The highest BCUT2D eigenvalue weighted by atomic mass is 19.1. The van der Waals surface area contributed by atoms with Crippen LogP contribution in [0.1, 0.15) is 38.5 Å². The Kier molecular flexibility index (Phi) is 3.00. The molecule has 2 aliphatic rings. The maximum absolute atomic E-state index is 13.2. The van der Waals surface area contributed by atoms with Crippen molar-refractivity contribution in [1.29, 1.82) is 0 Å². The number of rotatable bonds is 1. The Morgan fingerprint density at radius 1 is 0.833 bits per heavy atom. The predicted octanol–water partition coefficient (Wildman–Crippen LogP) is 4.13. The van der Waals surface area contributed by atoms with Gasteiger partial charge >= 0.3 is 0 Å². The lowest BCUT2D eigenvalue weighted by atomic mass is 9.77. The molecule has 3 heteroatoms. The summed E-state index contributed by atoms with van der Waals surface area (Å²) in [5.41, 5.74) is 1.24. The van der Waals surface area contributed by atoms with E-state index in [0.29, 0.717) is 11.1 Å². The summed E-state index contributed by atoms with van der Waals surface area (Å²) in [4.78, 5) is 2.12. The van der Waals surface area contributed by atoms with E-state index in [2.05, 4.69) is 4.90 Å². The van der Waals surface area contributed by atoms with Gasteiger partial charge < -0.3 is 4.90 Å². The van der Waals surface area contributed by atoms with Crippen molar-refractivity contribution in [3.63, 3.8) is 0 Å². The minimum absolute atomic E-state index is 0.480. The molecule has 98 valence electrons. The molecule has 1 heterocycles. The SMILES string of the molecule is Fc1cc(F)cc(N2CCC3(CCCC3)CC2)c1. The molecule has 0 aromatic heterocycles. The van der Waals surface area contributed by atoms with Gasteiger partial charge in [-0.05, 0) is 43.2 Å². The molecule has 0 bridgehead atoms. The Hall–Kier alpha value is -1.12. The Morgan fingerprint density at radius 2 is 1.39 bits per heavy atom. The van der Waals surface area contributed by atoms with Crippen molar-refractivity contribution < 1.29 is 8.78 Å². The van der Waals surface area contributed by atoms with Gasteiger partial charge in [0.25, 0.3) is 0 Å². The third-order valence-corrected chi connectivity index (χ3v) is 4.70. The van der Waals surface area contributed by atoms with Crippen molar-refractivity contribution in [3.8, 4) is 0 Å². The van der Waals surface area contributed by atoms with Gasteiger partial charge in [-0.25, -0.2) is 8.78 Å². The van der Waals surface area contributed by atoms with Crippen LogP contribution in [0.3, 0.4) is 0 Å². The second-order valence-corrected chi connectivity index (χ2v) is 5.82. The highest BCUT2D eigenvalue weighted by molar-refractivity contribution is 5.47. The zero-order valence-electron chi connectivity index (χ0n) is 10.6. The Balaban J connectivity index is 1.72. The van der Waals surface area contributed by atoms with E-state index in [0.717, 1.165) is 19.2 Å². The van der Waals surface area contributed by atoms with Crippen LogP contribution in [-0.4, -0.2) is 13.1 Å². The van der Waals surface area contributed by atoms with Crippen LogP contribution in [0.15, 0.2) is 18.2 Å². The van der Waals surface area contributed by atoms with Crippen LogP contribution in [0.25, 0.3) is 0 Å². The molecule has 0 N–H and O–H groups in total. The zero-order valence-corrected chi connectivity index (χ0v) is 10.6. The fourth-order valence-corrected chi connectivity index (χ4v) is 3.59. The molecule has 1 spiro atoms. The minimum atomic E-state index is -0.480. The lowest BCUT2D eigenvalue weighted by Crippen LogP contribution is -2.38. The van der Waals surface area contributed by atoms with E-state index >= 15 is 0 Å². The monoisotopic (exact) mass is 251 g/mol. The summed E-state index contributed by atoms with van der Waals surface area (Å²) in [6.45, 7) is 1.87. The van der Waals surface area contributed by atoms with Crippen LogP contribution in [0.2, 0.25) is 0 Å². The molecule has 18 heavy (non-hydrogen) atoms. The number of nitrogens with zero attached hydrogens (tertiary/aromatic N) is 1. The fraction of sp³-hybridized carbons (Fsp3) is 0.600. The van der Waals surface area contributed by atoms with E-state index in [1.165, 1.54) is 50.7 Å². The van der Waals surface area contributed by atoms with Crippen LogP contribution in [0.5, 0.6) is 0 Å². The van der Waals surface area contributed by atoms with Crippen molar-refractivity contribution in [2.75, 3.05) is 18.0 Å². The van der Waals surface area contributed by atoms with Crippen molar-refractivity contribution >= 4 is 5.69 Å². The van der Waals surface area contributed by atoms with E-state index in [1.807, 2.05) is 0 Å². The molecule has 1 nitrogen and oxygen atoms in total. The average Bonchev–Trinajstić information content (AvgIpc) is 2.77. The van der Waals surface area contributed by atoms with E-state index < -0.39 is 11.6 Å². The number of hydrogen-bond acceptors (Lipinski definition) is 1. The molecule has 1 saturated carbocycles. The van der Waals surface area contributed by atoms with E-state index in [1.54, 1.807) is 0 Å². The summed E-state index contributed by atoms with van der Waals surface area (Å²) in [6.07, 6.45) is 7.75. The zero-order chi connectivity index (χ0) is 12.6. The van der Waals surface area contributed by atoms with Gasteiger partial charge in [0.15, 0.2) is 0 Å². The van der Waals surface area contributed by atoms with Gasteiger partial charge in [0.1, 0.15) is 11.6 Å². The van der Waals surface area contributed by atoms with Gasteiger partial charge in [0.05, 0.1) is 0 Å².